The Morgan fingerprint density at radius 2 is 2.00 bits per heavy atom. The number of benzene rings is 1. The van der Waals surface area contributed by atoms with Crippen LogP contribution in [-0.2, 0) is 13.0 Å². The van der Waals surface area contributed by atoms with Crippen molar-refractivity contribution in [3.63, 3.8) is 0 Å². The van der Waals surface area contributed by atoms with Crippen LogP contribution in [0.4, 0.5) is 0 Å². The summed E-state index contributed by atoms with van der Waals surface area (Å²) in [6.45, 7) is 0.963. The number of hydrogen-bond donors (Lipinski definition) is 0. The van der Waals surface area contributed by atoms with E-state index in [1.807, 2.05) is 18.6 Å². The number of aromatic nitrogens is 2. The maximum absolute atomic E-state index is 4.05. The Bertz CT molecular complexity index is 395. The average molecular weight is 251 g/mol. The van der Waals surface area contributed by atoms with E-state index in [0.29, 0.717) is 0 Å². The summed E-state index contributed by atoms with van der Waals surface area (Å²) >= 11 is 3.44. The molecule has 1 heterocycles. The minimum atomic E-state index is 0.963. The molecule has 0 aliphatic carbocycles. The van der Waals surface area contributed by atoms with Crippen molar-refractivity contribution in [1.82, 2.24) is 9.55 Å². The quantitative estimate of drug-likeness (QED) is 0.820. The van der Waals surface area contributed by atoms with Crippen molar-refractivity contribution in [2.45, 2.75) is 13.0 Å². The molecule has 1 aromatic heterocycles. The summed E-state index contributed by atoms with van der Waals surface area (Å²) in [6.07, 6.45) is 4.69. The molecule has 2 rings (SSSR count). The molecule has 0 fully saturated rings. The van der Waals surface area contributed by atoms with Gasteiger partial charge in [0.05, 0.1) is 12.5 Å². The summed E-state index contributed by atoms with van der Waals surface area (Å²) in [5, 5.41) is 0. The molecular weight excluding hydrogens is 240 g/mol. The van der Waals surface area contributed by atoms with Crippen LogP contribution in [0.2, 0.25) is 0 Å². The van der Waals surface area contributed by atoms with Gasteiger partial charge in [-0.3, -0.25) is 0 Å². The van der Waals surface area contributed by atoms with E-state index >= 15 is 0 Å². The van der Waals surface area contributed by atoms with Crippen LogP contribution >= 0.6 is 15.9 Å². The Labute approximate surface area is 91.7 Å². The standard InChI is InChI=1S/C11H11BrN2/c12-11-8-13-9-14(11)7-6-10-4-2-1-3-5-10/h1-5,8-9H,6-7H2. The van der Waals surface area contributed by atoms with Crippen molar-refractivity contribution >= 4 is 15.9 Å². The van der Waals surface area contributed by atoms with Crippen LogP contribution in [0.1, 0.15) is 5.56 Å². The lowest BCUT2D eigenvalue weighted by molar-refractivity contribution is 0.683. The summed E-state index contributed by atoms with van der Waals surface area (Å²) in [5.41, 5.74) is 1.35. The third-order valence-electron chi connectivity index (χ3n) is 2.15. The highest BCUT2D eigenvalue weighted by molar-refractivity contribution is 9.10. The van der Waals surface area contributed by atoms with Gasteiger partial charge in [0.2, 0.25) is 0 Å². The fourth-order valence-electron chi connectivity index (χ4n) is 1.36. The predicted molar refractivity (Wildman–Crippen MR) is 60.1 cm³/mol. The Morgan fingerprint density at radius 3 is 2.64 bits per heavy atom. The van der Waals surface area contributed by atoms with Crippen molar-refractivity contribution < 1.29 is 0 Å². The Kier molecular flexibility index (Phi) is 2.99. The zero-order chi connectivity index (χ0) is 9.80. The van der Waals surface area contributed by atoms with Gasteiger partial charge in [0, 0.05) is 6.54 Å². The van der Waals surface area contributed by atoms with Gasteiger partial charge in [-0.2, -0.15) is 0 Å². The van der Waals surface area contributed by atoms with Crippen molar-refractivity contribution in [1.29, 1.82) is 0 Å². The van der Waals surface area contributed by atoms with Gasteiger partial charge >= 0.3 is 0 Å². The number of imidazole rings is 1. The van der Waals surface area contributed by atoms with Crippen LogP contribution in [0.25, 0.3) is 0 Å². The largest absolute Gasteiger partial charge is 0.325 e. The van der Waals surface area contributed by atoms with Gasteiger partial charge in [-0.25, -0.2) is 4.98 Å². The number of aryl methyl sites for hydroxylation is 2. The molecule has 0 N–H and O–H groups in total. The first-order valence-corrected chi connectivity index (χ1v) is 5.35. The minimum Gasteiger partial charge on any atom is -0.325 e. The van der Waals surface area contributed by atoms with Gasteiger partial charge in [0.1, 0.15) is 4.60 Å². The first kappa shape index (κ1) is 9.46. The fourth-order valence-corrected chi connectivity index (χ4v) is 1.75. The van der Waals surface area contributed by atoms with Crippen LogP contribution in [0.15, 0.2) is 47.5 Å². The maximum Gasteiger partial charge on any atom is 0.104 e. The van der Waals surface area contributed by atoms with E-state index < -0.39 is 0 Å². The lowest BCUT2D eigenvalue weighted by atomic mass is 10.1. The van der Waals surface area contributed by atoms with Crippen molar-refractivity contribution in [3.8, 4) is 0 Å². The summed E-state index contributed by atoms with van der Waals surface area (Å²) in [5.74, 6) is 0. The maximum atomic E-state index is 4.05. The number of hydrogen-bond acceptors (Lipinski definition) is 1. The molecule has 0 amide bonds. The molecule has 0 radical (unpaired) electrons. The summed E-state index contributed by atoms with van der Waals surface area (Å²) < 4.78 is 3.13. The lowest BCUT2D eigenvalue weighted by Gasteiger charge is -2.03. The monoisotopic (exact) mass is 250 g/mol. The third kappa shape index (κ3) is 2.23. The molecule has 0 saturated heterocycles. The molecule has 72 valence electrons. The smallest absolute Gasteiger partial charge is 0.104 e. The highest BCUT2D eigenvalue weighted by atomic mass is 79.9. The Hall–Kier alpha value is -1.09. The molecule has 0 atom stereocenters. The van der Waals surface area contributed by atoms with E-state index in [0.717, 1.165) is 17.6 Å². The molecule has 0 aliphatic heterocycles. The second-order valence-electron chi connectivity index (χ2n) is 3.15. The lowest BCUT2D eigenvalue weighted by Crippen LogP contribution is -1.99. The van der Waals surface area contributed by atoms with E-state index in [4.69, 9.17) is 0 Å². The zero-order valence-corrected chi connectivity index (χ0v) is 9.31. The van der Waals surface area contributed by atoms with Gasteiger partial charge in [0.15, 0.2) is 0 Å². The van der Waals surface area contributed by atoms with E-state index in [9.17, 15) is 0 Å². The molecule has 3 heteroatoms. The highest BCUT2D eigenvalue weighted by Gasteiger charge is 1.97. The average Bonchev–Trinajstić information content (AvgIpc) is 2.63. The number of rotatable bonds is 3. The van der Waals surface area contributed by atoms with Crippen molar-refractivity contribution in [3.05, 3.63) is 53.0 Å². The molecule has 0 bridgehead atoms. The van der Waals surface area contributed by atoms with Crippen LogP contribution < -0.4 is 0 Å². The molecule has 0 aliphatic rings. The van der Waals surface area contributed by atoms with E-state index in [-0.39, 0.29) is 0 Å². The fraction of sp³-hybridized carbons (Fsp3) is 0.182. The van der Waals surface area contributed by atoms with Gasteiger partial charge in [-0.15, -0.1) is 0 Å². The van der Waals surface area contributed by atoms with Gasteiger partial charge in [0.25, 0.3) is 0 Å². The van der Waals surface area contributed by atoms with Crippen molar-refractivity contribution in [2.75, 3.05) is 0 Å². The molecule has 2 aromatic rings. The van der Waals surface area contributed by atoms with Crippen LogP contribution in [-0.4, -0.2) is 9.55 Å². The first-order valence-electron chi connectivity index (χ1n) is 4.56. The van der Waals surface area contributed by atoms with E-state index in [2.05, 4.69) is 49.7 Å². The summed E-state index contributed by atoms with van der Waals surface area (Å²) in [7, 11) is 0. The summed E-state index contributed by atoms with van der Waals surface area (Å²) in [6, 6.07) is 10.5. The normalized spacial score (nSPS) is 10.4. The van der Waals surface area contributed by atoms with Gasteiger partial charge in [-0.1, -0.05) is 30.3 Å². The van der Waals surface area contributed by atoms with Gasteiger partial charge in [-0.05, 0) is 27.9 Å². The topological polar surface area (TPSA) is 17.8 Å². The van der Waals surface area contributed by atoms with Crippen LogP contribution in [0, 0.1) is 0 Å². The second kappa shape index (κ2) is 4.42. The second-order valence-corrected chi connectivity index (χ2v) is 3.96. The van der Waals surface area contributed by atoms with E-state index in [1.54, 1.807) is 0 Å². The Morgan fingerprint density at radius 1 is 1.21 bits per heavy atom. The molecule has 14 heavy (non-hydrogen) atoms. The van der Waals surface area contributed by atoms with E-state index in [1.165, 1.54) is 5.56 Å². The first-order chi connectivity index (χ1) is 6.86. The summed E-state index contributed by atoms with van der Waals surface area (Å²) in [4.78, 5) is 4.05. The molecule has 0 unspecified atom stereocenters. The minimum absolute atomic E-state index is 0.963. The molecular formula is C11H11BrN2. The third-order valence-corrected chi connectivity index (χ3v) is 2.81. The van der Waals surface area contributed by atoms with Gasteiger partial charge < -0.3 is 4.57 Å². The van der Waals surface area contributed by atoms with Crippen LogP contribution in [0.3, 0.4) is 0 Å². The Balaban J connectivity index is 1.99. The molecule has 2 nitrogen and oxygen atoms in total. The number of halogens is 1. The number of nitrogens with zero attached hydrogens (tertiary/aromatic N) is 2. The van der Waals surface area contributed by atoms with Crippen molar-refractivity contribution in [2.24, 2.45) is 0 Å². The molecule has 1 aromatic carbocycles. The zero-order valence-electron chi connectivity index (χ0n) is 7.73. The van der Waals surface area contributed by atoms with Crippen LogP contribution in [0.5, 0.6) is 0 Å². The predicted octanol–water partition coefficient (Wildman–Crippen LogP) is 2.89. The highest BCUT2D eigenvalue weighted by Crippen LogP contribution is 2.09. The molecule has 0 saturated carbocycles. The molecule has 0 spiro atoms. The SMILES string of the molecule is Brc1cncn1CCc1ccccc1.